The van der Waals surface area contributed by atoms with Crippen LogP contribution < -0.4 is 0 Å². The lowest BCUT2D eigenvalue weighted by Crippen LogP contribution is -2.49. The fourth-order valence-electron chi connectivity index (χ4n) is 3.66. The predicted molar refractivity (Wildman–Crippen MR) is 86.8 cm³/mol. The third-order valence-corrected chi connectivity index (χ3v) is 8.80. The molecule has 2 aliphatic rings. The van der Waals surface area contributed by atoms with Gasteiger partial charge in [-0.25, -0.2) is 8.42 Å². The van der Waals surface area contributed by atoms with Gasteiger partial charge < -0.3 is 5.11 Å². The highest BCUT2D eigenvalue weighted by atomic mass is 79.9. The van der Waals surface area contributed by atoms with Gasteiger partial charge in [0.1, 0.15) is 4.90 Å². The molecule has 4 nitrogen and oxygen atoms in total. The number of thiophene rings is 1. The molecule has 0 amide bonds. The van der Waals surface area contributed by atoms with Crippen LogP contribution in [0, 0.1) is 5.92 Å². The van der Waals surface area contributed by atoms with Crippen molar-refractivity contribution in [3.63, 3.8) is 0 Å². The van der Waals surface area contributed by atoms with Crippen LogP contribution in [0.1, 0.15) is 43.4 Å². The number of sulfonamides is 1. The minimum Gasteiger partial charge on any atom is -0.391 e. The fourth-order valence-corrected chi connectivity index (χ4v) is 7.90. The standard InChI is InChI=1S/C14H20BrNO3S2/c15-14-13(8-11(9-17)20-14)21(18,19)16-7-3-5-10-4-1-2-6-12(10)16/h8,10,12,17H,1-7,9H2/t10-,12-/m1/s1. The summed E-state index contributed by atoms with van der Waals surface area (Å²) in [5.74, 6) is 0.525. The van der Waals surface area contributed by atoms with Crippen LogP contribution in [0.5, 0.6) is 0 Å². The van der Waals surface area contributed by atoms with Crippen molar-refractivity contribution in [3.05, 3.63) is 14.7 Å². The Kier molecular flexibility index (Phi) is 4.76. The van der Waals surface area contributed by atoms with Crippen LogP contribution in [0.25, 0.3) is 0 Å². The fraction of sp³-hybridized carbons (Fsp3) is 0.714. The van der Waals surface area contributed by atoms with Crippen LogP contribution in [0.15, 0.2) is 14.7 Å². The van der Waals surface area contributed by atoms with Gasteiger partial charge >= 0.3 is 0 Å². The summed E-state index contributed by atoms with van der Waals surface area (Å²) in [6, 6.07) is 1.78. The molecule has 1 N–H and O–H groups in total. The molecule has 7 heteroatoms. The van der Waals surface area contributed by atoms with Crippen LogP contribution in [-0.2, 0) is 16.6 Å². The second-order valence-electron chi connectivity index (χ2n) is 5.88. The summed E-state index contributed by atoms with van der Waals surface area (Å²) in [5.41, 5.74) is 0. The second kappa shape index (κ2) is 6.28. The maximum absolute atomic E-state index is 13.0. The monoisotopic (exact) mass is 393 g/mol. The topological polar surface area (TPSA) is 57.6 Å². The van der Waals surface area contributed by atoms with Gasteiger partial charge in [-0.3, -0.25) is 0 Å². The van der Waals surface area contributed by atoms with E-state index in [0.717, 1.165) is 32.1 Å². The zero-order valence-corrected chi connectivity index (χ0v) is 15.0. The lowest BCUT2D eigenvalue weighted by molar-refractivity contribution is 0.129. The molecule has 118 valence electrons. The third kappa shape index (κ3) is 2.95. The molecule has 0 bridgehead atoms. The smallest absolute Gasteiger partial charge is 0.245 e. The number of halogens is 1. The molecule has 0 aromatic carbocycles. The van der Waals surface area contributed by atoms with Crippen molar-refractivity contribution >= 4 is 37.3 Å². The summed E-state index contributed by atoms with van der Waals surface area (Å²) in [7, 11) is -3.47. The van der Waals surface area contributed by atoms with Gasteiger partial charge in [0.15, 0.2) is 0 Å². The zero-order valence-electron chi connectivity index (χ0n) is 11.8. The number of rotatable bonds is 3. The molecule has 1 saturated heterocycles. The number of hydrogen-bond acceptors (Lipinski definition) is 4. The lowest BCUT2D eigenvalue weighted by Gasteiger charge is -2.43. The van der Waals surface area contributed by atoms with E-state index in [1.54, 1.807) is 10.4 Å². The summed E-state index contributed by atoms with van der Waals surface area (Å²) < 4.78 is 28.4. The van der Waals surface area contributed by atoms with Crippen molar-refractivity contribution in [2.45, 2.75) is 56.1 Å². The van der Waals surface area contributed by atoms with Crippen LogP contribution in [0.2, 0.25) is 0 Å². The first-order chi connectivity index (χ1) is 10.0. The highest BCUT2D eigenvalue weighted by molar-refractivity contribution is 9.11. The average Bonchev–Trinajstić information content (AvgIpc) is 2.88. The maximum atomic E-state index is 13.0. The van der Waals surface area contributed by atoms with Gasteiger partial charge in [0.2, 0.25) is 10.0 Å². The number of hydrogen-bond donors (Lipinski definition) is 1. The van der Waals surface area contributed by atoms with E-state index in [2.05, 4.69) is 15.9 Å². The first-order valence-corrected chi connectivity index (χ1v) is 10.5. The number of aliphatic hydroxyl groups excluding tert-OH is 1. The van der Waals surface area contributed by atoms with Crippen molar-refractivity contribution in [1.82, 2.24) is 4.31 Å². The molecule has 2 fully saturated rings. The molecule has 2 heterocycles. The van der Waals surface area contributed by atoms with Crippen LogP contribution in [0.3, 0.4) is 0 Å². The van der Waals surface area contributed by atoms with Crippen molar-refractivity contribution < 1.29 is 13.5 Å². The highest BCUT2D eigenvalue weighted by Gasteiger charge is 2.40. The molecule has 0 spiro atoms. The molecule has 2 atom stereocenters. The van der Waals surface area contributed by atoms with Crippen LogP contribution >= 0.6 is 27.3 Å². The molecule has 21 heavy (non-hydrogen) atoms. The Balaban J connectivity index is 1.94. The third-order valence-electron chi connectivity index (χ3n) is 4.64. The second-order valence-corrected chi connectivity index (χ2v) is 10.2. The molecule has 3 rings (SSSR count). The Labute approximate surface area is 138 Å². The molecule has 1 saturated carbocycles. The minimum absolute atomic E-state index is 0.120. The van der Waals surface area contributed by atoms with Crippen LogP contribution in [-0.4, -0.2) is 30.4 Å². The quantitative estimate of drug-likeness (QED) is 0.856. The van der Waals surface area contributed by atoms with Gasteiger partial charge in [0.05, 0.1) is 10.4 Å². The molecule has 0 unspecified atom stereocenters. The minimum atomic E-state index is -3.47. The Morgan fingerprint density at radius 1 is 1.29 bits per heavy atom. The Morgan fingerprint density at radius 2 is 2.00 bits per heavy atom. The van der Waals surface area contributed by atoms with Gasteiger partial charge in [0, 0.05) is 17.5 Å². The normalized spacial score (nSPS) is 27.5. The number of aliphatic hydroxyl groups is 1. The first kappa shape index (κ1) is 15.9. The SMILES string of the molecule is O=S(=O)(c1cc(CO)sc1Br)N1CCC[C@H]2CCCC[C@H]21. The molecule has 1 aromatic rings. The summed E-state index contributed by atoms with van der Waals surface area (Å²) in [6.45, 7) is 0.505. The van der Waals surface area contributed by atoms with E-state index < -0.39 is 10.0 Å². The van der Waals surface area contributed by atoms with Crippen molar-refractivity contribution in [1.29, 1.82) is 0 Å². The molecule has 0 radical (unpaired) electrons. The molecular weight excluding hydrogens is 374 g/mol. The number of fused-ring (bicyclic) bond motifs is 1. The predicted octanol–water partition coefficient (Wildman–Crippen LogP) is 3.35. The molecule has 1 aromatic heterocycles. The van der Waals surface area contributed by atoms with E-state index in [1.165, 1.54) is 17.8 Å². The molecule has 1 aliphatic carbocycles. The van der Waals surface area contributed by atoms with Gasteiger partial charge in [-0.1, -0.05) is 12.8 Å². The van der Waals surface area contributed by atoms with Gasteiger partial charge in [-0.15, -0.1) is 11.3 Å². The van der Waals surface area contributed by atoms with E-state index in [1.807, 2.05) is 0 Å². The van der Waals surface area contributed by atoms with Crippen LogP contribution in [0.4, 0.5) is 0 Å². The van der Waals surface area contributed by atoms with Gasteiger partial charge in [-0.2, -0.15) is 4.31 Å². The van der Waals surface area contributed by atoms with E-state index in [9.17, 15) is 13.5 Å². The Hall–Kier alpha value is 0.0500. The Bertz CT molecular complexity index is 612. The number of nitrogens with zero attached hydrogens (tertiary/aromatic N) is 1. The summed E-state index contributed by atoms with van der Waals surface area (Å²) in [6.07, 6.45) is 6.60. The van der Waals surface area contributed by atoms with E-state index in [4.69, 9.17) is 0 Å². The maximum Gasteiger partial charge on any atom is 0.245 e. The molecular formula is C14H20BrNO3S2. The largest absolute Gasteiger partial charge is 0.391 e. The number of piperidine rings is 1. The summed E-state index contributed by atoms with van der Waals surface area (Å²) in [4.78, 5) is 1.00. The van der Waals surface area contributed by atoms with Crippen molar-refractivity contribution in [3.8, 4) is 0 Å². The summed E-state index contributed by atoms with van der Waals surface area (Å²) >= 11 is 4.65. The highest BCUT2D eigenvalue weighted by Crippen LogP contribution is 2.40. The summed E-state index contributed by atoms with van der Waals surface area (Å²) in [5, 5.41) is 9.22. The van der Waals surface area contributed by atoms with E-state index >= 15 is 0 Å². The molecule has 1 aliphatic heterocycles. The van der Waals surface area contributed by atoms with Gasteiger partial charge in [0.25, 0.3) is 0 Å². The van der Waals surface area contributed by atoms with Gasteiger partial charge in [-0.05, 0) is 53.6 Å². The first-order valence-electron chi connectivity index (χ1n) is 7.45. The van der Waals surface area contributed by atoms with Crippen molar-refractivity contribution in [2.75, 3.05) is 6.54 Å². The van der Waals surface area contributed by atoms with E-state index in [0.29, 0.717) is 26.0 Å². The van der Waals surface area contributed by atoms with Crippen molar-refractivity contribution in [2.24, 2.45) is 5.92 Å². The Morgan fingerprint density at radius 3 is 2.71 bits per heavy atom. The average molecular weight is 394 g/mol. The lowest BCUT2D eigenvalue weighted by atomic mass is 9.79. The van der Waals surface area contributed by atoms with E-state index in [-0.39, 0.29) is 12.6 Å². The zero-order chi connectivity index (χ0) is 15.0.